The highest BCUT2D eigenvalue weighted by Gasteiger charge is 2.25. The van der Waals surface area contributed by atoms with E-state index in [9.17, 15) is 4.79 Å². The summed E-state index contributed by atoms with van der Waals surface area (Å²) < 4.78 is 0. The van der Waals surface area contributed by atoms with Gasteiger partial charge in [-0.3, -0.25) is 4.79 Å². The van der Waals surface area contributed by atoms with Crippen molar-refractivity contribution in [2.24, 2.45) is 5.92 Å². The van der Waals surface area contributed by atoms with Gasteiger partial charge in [0.2, 0.25) is 5.91 Å². The predicted molar refractivity (Wildman–Crippen MR) is 130 cm³/mol. The maximum atomic E-state index is 12.7. The number of amides is 1. The van der Waals surface area contributed by atoms with E-state index >= 15 is 0 Å². The molecular weight excluding hydrogens is 416 g/mol. The molecule has 32 heavy (non-hydrogen) atoms. The standard InChI is InChI=1S/C26H30N4OS/c1-18-8-9-20(3)23(14-18)32-25-15-24(28-17-29-25)30-12-10-21(11-13-30)26(31)27-16-22-7-5-4-6-19(22)2/h4-9,14-15,17,21H,10-13,16H2,1-3H3,(H,27,31). The molecular formula is C26H30N4OS. The molecule has 1 aliphatic rings. The van der Waals surface area contributed by atoms with E-state index in [0.717, 1.165) is 36.8 Å². The number of benzene rings is 2. The molecule has 2 heterocycles. The van der Waals surface area contributed by atoms with E-state index in [0.29, 0.717) is 6.54 Å². The van der Waals surface area contributed by atoms with Gasteiger partial charge in [-0.15, -0.1) is 0 Å². The van der Waals surface area contributed by atoms with Crippen LogP contribution in [-0.4, -0.2) is 29.0 Å². The Kier molecular flexibility index (Phi) is 7.10. The van der Waals surface area contributed by atoms with Gasteiger partial charge in [-0.25, -0.2) is 9.97 Å². The Hall–Kier alpha value is -2.86. The van der Waals surface area contributed by atoms with Gasteiger partial charge in [-0.05, 0) is 61.9 Å². The number of carbonyl (C=O) groups is 1. The first-order valence-electron chi connectivity index (χ1n) is 11.1. The number of aryl methyl sites for hydroxylation is 3. The Morgan fingerprint density at radius 3 is 2.59 bits per heavy atom. The minimum atomic E-state index is 0.0564. The Balaban J connectivity index is 1.33. The van der Waals surface area contributed by atoms with Gasteiger partial charge in [0.1, 0.15) is 17.2 Å². The molecule has 1 saturated heterocycles. The van der Waals surface area contributed by atoms with Gasteiger partial charge >= 0.3 is 0 Å². The number of hydrogen-bond donors (Lipinski definition) is 1. The molecule has 0 unspecified atom stereocenters. The van der Waals surface area contributed by atoms with Gasteiger partial charge in [-0.2, -0.15) is 0 Å². The molecule has 0 saturated carbocycles. The van der Waals surface area contributed by atoms with Gasteiger partial charge in [0.15, 0.2) is 0 Å². The van der Waals surface area contributed by atoms with Crippen molar-refractivity contribution >= 4 is 23.5 Å². The third-order valence-electron chi connectivity index (χ3n) is 6.09. The molecule has 166 valence electrons. The van der Waals surface area contributed by atoms with Crippen molar-refractivity contribution in [1.82, 2.24) is 15.3 Å². The van der Waals surface area contributed by atoms with Crippen LogP contribution in [0, 0.1) is 26.7 Å². The summed E-state index contributed by atoms with van der Waals surface area (Å²) in [6.07, 6.45) is 3.32. The van der Waals surface area contributed by atoms with Crippen LogP contribution in [0.1, 0.15) is 35.1 Å². The van der Waals surface area contributed by atoms with E-state index in [2.05, 4.69) is 77.4 Å². The van der Waals surface area contributed by atoms with Gasteiger partial charge in [0.25, 0.3) is 0 Å². The highest BCUT2D eigenvalue weighted by molar-refractivity contribution is 7.99. The number of nitrogens with zero attached hydrogens (tertiary/aromatic N) is 3. The SMILES string of the molecule is Cc1ccc(C)c(Sc2cc(N3CCC(C(=O)NCc4ccccc4C)CC3)ncn2)c1. The van der Waals surface area contributed by atoms with E-state index in [1.807, 2.05) is 12.1 Å². The second-order valence-corrected chi connectivity index (χ2v) is 9.55. The number of aromatic nitrogens is 2. The van der Waals surface area contributed by atoms with Crippen molar-refractivity contribution in [2.45, 2.75) is 50.1 Å². The maximum Gasteiger partial charge on any atom is 0.223 e. The molecule has 2 aromatic carbocycles. The van der Waals surface area contributed by atoms with Crippen LogP contribution in [0.2, 0.25) is 0 Å². The fourth-order valence-electron chi connectivity index (χ4n) is 3.99. The topological polar surface area (TPSA) is 58.1 Å². The van der Waals surface area contributed by atoms with E-state index in [1.165, 1.54) is 27.1 Å². The average Bonchev–Trinajstić information content (AvgIpc) is 2.81. The Labute approximate surface area is 194 Å². The normalized spacial score (nSPS) is 14.4. The van der Waals surface area contributed by atoms with Crippen molar-refractivity contribution in [2.75, 3.05) is 18.0 Å². The van der Waals surface area contributed by atoms with Crippen molar-refractivity contribution in [3.05, 3.63) is 77.1 Å². The lowest BCUT2D eigenvalue weighted by Crippen LogP contribution is -2.40. The van der Waals surface area contributed by atoms with Gasteiger partial charge in [0.05, 0.1) is 0 Å². The highest BCUT2D eigenvalue weighted by atomic mass is 32.2. The number of nitrogens with one attached hydrogen (secondary N) is 1. The number of anilines is 1. The first-order valence-corrected chi connectivity index (χ1v) is 12.0. The monoisotopic (exact) mass is 446 g/mol. The summed E-state index contributed by atoms with van der Waals surface area (Å²) in [6, 6.07) is 16.7. The zero-order valence-corrected chi connectivity index (χ0v) is 19.8. The first-order chi connectivity index (χ1) is 15.5. The lowest BCUT2D eigenvalue weighted by molar-refractivity contribution is -0.125. The zero-order valence-electron chi connectivity index (χ0n) is 19.0. The third-order valence-corrected chi connectivity index (χ3v) is 7.18. The second-order valence-electron chi connectivity index (χ2n) is 8.49. The molecule has 1 fully saturated rings. The first kappa shape index (κ1) is 22.3. The fourth-order valence-corrected chi connectivity index (χ4v) is 4.96. The van der Waals surface area contributed by atoms with Gasteiger partial charge in [-0.1, -0.05) is 48.2 Å². The smallest absolute Gasteiger partial charge is 0.223 e. The van der Waals surface area contributed by atoms with Crippen LogP contribution in [0.4, 0.5) is 5.82 Å². The van der Waals surface area contributed by atoms with Crippen molar-refractivity contribution in [3.8, 4) is 0 Å². The lowest BCUT2D eigenvalue weighted by atomic mass is 9.95. The summed E-state index contributed by atoms with van der Waals surface area (Å²) in [4.78, 5) is 25.1. The molecule has 0 radical (unpaired) electrons. The van der Waals surface area contributed by atoms with Crippen LogP contribution >= 0.6 is 11.8 Å². The molecule has 1 aromatic heterocycles. The average molecular weight is 447 g/mol. The Morgan fingerprint density at radius 1 is 1.03 bits per heavy atom. The third kappa shape index (κ3) is 5.49. The van der Waals surface area contributed by atoms with Crippen LogP contribution < -0.4 is 10.2 Å². The maximum absolute atomic E-state index is 12.7. The van der Waals surface area contributed by atoms with Crippen LogP contribution in [-0.2, 0) is 11.3 Å². The minimum Gasteiger partial charge on any atom is -0.356 e. The van der Waals surface area contributed by atoms with Crippen LogP contribution in [0.25, 0.3) is 0 Å². The summed E-state index contributed by atoms with van der Waals surface area (Å²) >= 11 is 1.68. The lowest BCUT2D eigenvalue weighted by Gasteiger charge is -2.32. The Bertz CT molecular complexity index is 1090. The molecule has 0 bridgehead atoms. The molecule has 0 spiro atoms. The van der Waals surface area contributed by atoms with Crippen LogP contribution in [0.15, 0.2) is 64.8 Å². The second kappa shape index (κ2) is 10.2. The summed E-state index contributed by atoms with van der Waals surface area (Å²) in [6.45, 7) is 8.56. The molecule has 0 aliphatic carbocycles. The minimum absolute atomic E-state index is 0.0564. The number of rotatable bonds is 6. The molecule has 0 atom stereocenters. The van der Waals surface area contributed by atoms with Crippen molar-refractivity contribution in [1.29, 1.82) is 0 Å². The molecule has 1 amide bonds. The molecule has 4 rings (SSSR count). The zero-order chi connectivity index (χ0) is 22.5. The van der Waals surface area contributed by atoms with E-state index in [4.69, 9.17) is 0 Å². The largest absolute Gasteiger partial charge is 0.356 e. The van der Waals surface area contributed by atoms with Crippen molar-refractivity contribution in [3.63, 3.8) is 0 Å². The summed E-state index contributed by atoms with van der Waals surface area (Å²) in [5, 5.41) is 4.07. The van der Waals surface area contributed by atoms with Gasteiger partial charge in [0, 0.05) is 36.5 Å². The van der Waals surface area contributed by atoms with Crippen molar-refractivity contribution < 1.29 is 4.79 Å². The quantitative estimate of drug-likeness (QED) is 0.535. The van der Waals surface area contributed by atoms with E-state index < -0.39 is 0 Å². The van der Waals surface area contributed by atoms with Crippen LogP contribution in [0.3, 0.4) is 0 Å². The molecule has 3 aromatic rings. The number of carbonyl (C=O) groups excluding carboxylic acids is 1. The number of piperidine rings is 1. The number of hydrogen-bond acceptors (Lipinski definition) is 5. The van der Waals surface area contributed by atoms with E-state index in [1.54, 1.807) is 18.1 Å². The molecule has 5 nitrogen and oxygen atoms in total. The fraction of sp³-hybridized carbons (Fsp3) is 0.346. The molecule has 6 heteroatoms. The predicted octanol–water partition coefficient (Wildman–Crippen LogP) is 5.09. The van der Waals surface area contributed by atoms with Crippen LogP contribution in [0.5, 0.6) is 0 Å². The summed E-state index contributed by atoms with van der Waals surface area (Å²) in [5.41, 5.74) is 4.88. The van der Waals surface area contributed by atoms with Gasteiger partial charge < -0.3 is 10.2 Å². The highest BCUT2D eigenvalue weighted by Crippen LogP contribution is 2.31. The molecule has 1 N–H and O–H groups in total. The molecule has 1 aliphatic heterocycles. The summed E-state index contributed by atoms with van der Waals surface area (Å²) in [7, 11) is 0. The Morgan fingerprint density at radius 2 is 1.81 bits per heavy atom. The summed E-state index contributed by atoms with van der Waals surface area (Å²) in [5.74, 6) is 1.15. The van der Waals surface area contributed by atoms with E-state index in [-0.39, 0.29) is 11.8 Å².